The van der Waals surface area contributed by atoms with Crippen LogP contribution in [0.5, 0.6) is 0 Å². The van der Waals surface area contributed by atoms with Gasteiger partial charge in [0.25, 0.3) is 5.91 Å². The Labute approximate surface area is 152 Å². The van der Waals surface area contributed by atoms with Gasteiger partial charge in [0.15, 0.2) is 5.76 Å². The highest BCUT2D eigenvalue weighted by molar-refractivity contribution is 6.33. The maximum atomic E-state index is 12.6. The normalized spacial score (nSPS) is 21.0. The highest BCUT2D eigenvalue weighted by atomic mass is 35.5. The number of methoxy groups -OCH3 is 1. The molecule has 1 aliphatic heterocycles. The first-order chi connectivity index (χ1) is 12.0. The lowest BCUT2D eigenvalue weighted by atomic mass is 10.2. The Bertz CT molecular complexity index is 744. The quantitative estimate of drug-likeness (QED) is 0.885. The third-order valence-electron chi connectivity index (χ3n) is 4.61. The van der Waals surface area contributed by atoms with Gasteiger partial charge in [-0.2, -0.15) is 0 Å². The SMILES string of the molecule is CO[C@H]1CN(C(C)C)C[C@@H]1NC(=O)c1ccc(-c2ccccc2Cl)o1. The van der Waals surface area contributed by atoms with Gasteiger partial charge in [0.05, 0.1) is 17.2 Å². The molecule has 1 aromatic heterocycles. The van der Waals surface area contributed by atoms with Gasteiger partial charge < -0.3 is 14.5 Å². The van der Waals surface area contributed by atoms with Crippen molar-refractivity contribution in [2.24, 2.45) is 0 Å². The van der Waals surface area contributed by atoms with E-state index in [1.807, 2.05) is 18.2 Å². The van der Waals surface area contributed by atoms with Crippen molar-refractivity contribution in [2.45, 2.75) is 32.0 Å². The summed E-state index contributed by atoms with van der Waals surface area (Å²) >= 11 is 6.19. The number of likely N-dealkylation sites (tertiary alicyclic amines) is 1. The summed E-state index contributed by atoms with van der Waals surface area (Å²) in [6.45, 7) is 5.85. The fraction of sp³-hybridized carbons (Fsp3) is 0.421. The Hall–Kier alpha value is -1.82. The summed E-state index contributed by atoms with van der Waals surface area (Å²) in [6.07, 6.45) is -0.0237. The molecule has 0 saturated carbocycles. The zero-order valence-electron chi connectivity index (χ0n) is 14.7. The van der Waals surface area contributed by atoms with Crippen molar-refractivity contribution in [3.63, 3.8) is 0 Å². The molecule has 1 aromatic carbocycles. The molecule has 3 rings (SSSR count). The van der Waals surface area contributed by atoms with Gasteiger partial charge in [-0.3, -0.25) is 9.69 Å². The number of benzene rings is 1. The van der Waals surface area contributed by atoms with Crippen LogP contribution in [0, 0.1) is 0 Å². The minimum absolute atomic E-state index is 0.0237. The van der Waals surface area contributed by atoms with E-state index in [2.05, 4.69) is 24.1 Å². The third kappa shape index (κ3) is 3.89. The predicted octanol–water partition coefficient (Wildman–Crippen LogP) is 3.44. The molecule has 2 aromatic rings. The molecule has 0 aliphatic carbocycles. The molecule has 0 bridgehead atoms. The van der Waals surface area contributed by atoms with E-state index in [4.69, 9.17) is 20.8 Å². The number of nitrogens with one attached hydrogen (secondary N) is 1. The van der Waals surface area contributed by atoms with Gasteiger partial charge in [-0.25, -0.2) is 0 Å². The monoisotopic (exact) mass is 362 g/mol. The smallest absolute Gasteiger partial charge is 0.287 e. The van der Waals surface area contributed by atoms with E-state index in [1.54, 1.807) is 25.3 Å². The van der Waals surface area contributed by atoms with Crippen LogP contribution in [0.15, 0.2) is 40.8 Å². The largest absolute Gasteiger partial charge is 0.451 e. The fourth-order valence-electron chi connectivity index (χ4n) is 3.11. The average Bonchev–Trinajstić information content (AvgIpc) is 3.22. The molecule has 2 atom stereocenters. The Morgan fingerprint density at radius 3 is 2.72 bits per heavy atom. The Kier molecular flexibility index (Phi) is 5.47. The molecule has 0 radical (unpaired) electrons. The zero-order chi connectivity index (χ0) is 18.0. The molecule has 2 heterocycles. The molecule has 1 fully saturated rings. The number of rotatable bonds is 5. The number of nitrogens with zero attached hydrogens (tertiary/aromatic N) is 1. The lowest BCUT2D eigenvalue weighted by Crippen LogP contribution is -2.43. The van der Waals surface area contributed by atoms with Crippen LogP contribution in [0.3, 0.4) is 0 Å². The van der Waals surface area contributed by atoms with Crippen LogP contribution in [0.2, 0.25) is 5.02 Å². The Morgan fingerprint density at radius 2 is 2.04 bits per heavy atom. The number of carbonyl (C=O) groups excluding carboxylic acids is 1. The van der Waals surface area contributed by atoms with E-state index < -0.39 is 0 Å². The van der Waals surface area contributed by atoms with Crippen LogP contribution in [0.25, 0.3) is 11.3 Å². The van der Waals surface area contributed by atoms with Crippen LogP contribution >= 0.6 is 11.6 Å². The minimum Gasteiger partial charge on any atom is -0.451 e. The van der Waals surface area contributed by atoms with Crippen LogP contribution in [-0.2, 0) is 4.74 Å². The summed E-state index contributed by atoms with van der Waals surface area (Å²) in [4.78, 5) is 14.8. The molecule has 5 nitrogen and oxygen atoms in total. The van der Waals surface area contributed by atoms with Crippen LogP contribution < -0.4 is 5.32 Å². The molecule has 1 N–H and O–H groups in total. The second-order valence-corrected chi connectivity index (χ2v) is 6.95. The lowest BCUT2D eigenvalue weighted by Gasteiger charge is -2.19. The number of hydrogen-bond donors (Lipinski definition) is 1. The number of halogens is 1. The summed E-state index contributed by atoms with van der Waals surface area (Å²) in [5, 5.41) is 3.62. The van der Waals surface area contributed by atoms with Crippen molar-refractivity contribution in [3.8, 4) is 11.3 Å². The summed E-state index contributed by atoms with van der Waals surface area (Å²) in [5.74, 6) is 0.609. The highest BCUT2D eigenvalue weighted by Crippen LogP contribution is 2.29. The summed E-state index contributed by atoms with van der Waals surface area (Å²) in [7, 11) is 1.68. The van der Waals surface area contributed by atoms with Crippen LogP contribution in [0.1, 0.15) is 24.4 Å². The molecule has 1 amide bonds. The Balaban J connectivity index is 1.71. The van der Waals surface area contributed by atoms with Gasteiger partial charge in [-0.05, 0) is 38.1 Å². The van der Waals surface area contributed by atoms with Crippen molar-refractivity contribution < 1.29 is 13.9 Å². The third-order valence-corrected chi connectivity index (χ3v) is 4.94. The molecule has 1 saturated heterocycles. The summed E-state index contributed by atoms with van der Waals surface area (Å²) in [6, 6.07) is 11.2. The van der Waals surface area contributed by atoms with Gasteiger partial charge >= 0.3 is 0 Å². The van der Waals surface area contributed by atoms with E-state index >= 15 is 0 Å². The molecular formula is C19H23ClN2O3. The van der Waals surface area contributed by atoms with Gasteiger partial charge in [0.2, 0.25) is 0 Å². The van der Waals surface area contributed by atoms with Gasteiger partial charge in [0, 0.05) is 31.8 Å². The van der Waals surface area contributed by atoms with Crippen molar-refractivity contribution in [1.82, 2.24) is 10.2 Å². The number of ether oxygens (including phenoxy) is 1. The van der Waals surface area contributed by atoms with Gasteiger partial charge in [-0.1, -0.05) is 23.7 Å². The molecule has 0 unspecified atom stereocenters. The van der Waals surface area contributed by atoms with E-state index in [-0.39, 0.29) is 23.8 Å². The first-order valence-electron chi connectivity index (χ1n) is 8.42. The fourth-order valence-corrected chi connectivity index (χ4v) is 3.34. The number of carbonyl (C=O) groups is 1. The zero-order valence-corrected chi connectivity index (χ0v) is 15.4. The molecule has 1 aliphatic rings. The van der Waals surface area contributed by atoms with Crippen LogP contribution in [-0.4, -0.2) is 49.2 Å². The summed E-state index contributed by atoms with van der Waals surface area (Å²) < 4.78 is 11.2. The predicted molar refractivity (Wildman–Crippen MR) is 97.9 cm³/mol. The number of amides is 1. The molecular weight excluding hydrogens is 340 g/mol. The van der Waals surface area contributed by atoms with Gasteiger partial charge in [0.1, 0.15) is 5.76 Å². The molecule has 134 valence electrons. The van der Waals surface area contributed by atoms with E-state index in [0.717, 1.165) is 18.7 Å². The minimum atomic E-state index is -0.240. The lowest BCUT2D eigenvalue weighted by molar-refractivity contribution is 0.0737. The van der Waals surface area contributed by atoms with Gasteiger partial charge in [-0.15, -0.1) is 0 Å². The molecule has 6 heteroatoms. The van der Waals surface area contributed by atoms with Crippen molar-refractivity contribution in [3.05, 3.63) is 47.2 Å². The average molecular weight is 363 g/mol. The number of furan rings is 1. The maximum Gasteiger partial charge on any atom is 0.287 e. The highest BCUT2D eigenvalue weighted by Gasteiger charge is 2.35. The molecule has 0 spiro atoms. The first kappa shape index (κ1) is 18.0. The summed E-state index contributed by atoms with van der Waals surface area (Å²) in [5.41, 5.74) is 0.768. The second kappa shape index (κ2) is 7.60. The van der Waals surface area contributed by atoms with E-state index in [9.17, 15) is 4.79 Å². The standard InChI is InChI=1S/C19H23ClN2O3/c1-12(2)22-10-15(18(11-22)24-3)21-19(23)17-9-8-16(25-17)13-6-4-5-7-14(13)20/h4-9,12,15,18H,10-11H2,1-3H3,(H,21,23)/t15-,18-/m0/s1. The second-order valence-electron chi connectivity index (χ2n) is 6.55. The van der Waals surface area contributed by atoms with E-state index in [1.165, 1.54) is 0 Å². The first-order valence-corrected chi connectivity index (χ1v) is 8.80. The molecule has 25 heavy (non-hydrogen) atoms. The Morgan fingerprint density at radius 1 is 1.28 bits per heavy atom. The van der Waals surface area contributed by atoms with Crippen molar-refractivity contribution >= 4 is 17.5 Å². The topological polar surface area (TPSA) is 54.7 Å². The van der Waals surface area contributed by atoms with Crippen LogP contribution in [0.4, 0.5) is 0 Å². The van der Waals surface area contributed by atoms with Crippen molar-refractivity contribution in [1.29, 1.82) is 0 Å². The van der Waals surface area contributed by atoms with E-state index in [0.29, 0.717) is 16.8 Å². The number of hydrogen-bond acceptors (Lipinski definition) is 4. The maximum absolute atomic E-state index is 12.6. The van der Waals surface area contributed by atoms with Crippen molar-refractivity contribution in [2.75, 3.05) is 20.2 Å².